The quantitative estimate of drug-likeness (QED) is 0.920. The number of hydrogen-bond acceptors (Lipinski definition) is 4. The third kappa shape index (κ3) is 3.74. The molecule has 0 unspecified atom stereocenters. The zero-order chi connectivity index (χ0) is 17.0. The molecule has 2 aromatic carbocycles. The van der Waals surface area contributed by atoms with Crippen LogP contribution in [-0.2, 0) is 0 Å². The zero-order valence-electron chi connectivity index (χ0n) is 14.1. The number of rotatable bonds is 5. The molecular formula is C18H22N2O3. The van der Waals surface area contributed by atoms with Gasteiger partial charge in [-0.15, -0.1) is 0 Å². The third-order valence-corrected chi connectivity index (χ3v) is 3.59. The van der Waals surface area contributed by atoms with E-state index < -0.39 is 0 Å². The van der Waals surface area contributed by atoms with E-state index in [1.165, 1.54) is 0 Å². The van der Waals surface area contributed by atoms with Crippen LogP contribution >= 0.6 is 0 Å². The summed E-state index contributed by atoms with van der Waals surface area (Å²) in [7, 11) is 7.04. The van der Waals surface area contributed by atoms with Gasteiger partial charge < -0.3 is 19.7 Å². The largest absolute Gasteiger partial charge is 0.496 e. The van der Waals surface area contributed by atoms with Crippen molar-refractivity contribution in [3.05, 3.63) is 47.5 Å². The van der Waals surface area contributed by atoms with Gasteiger partial charge in [-0.2, -0.15) is 0 Å². The number of aryl methyl sites for hydroxylation is 1. The zero-order valence-corrected chi connectivity index (χ0v) is 14.1. The van der Waals surface area contributed by atoms with Gasteiger partial charge >= 0.3 is 0 Å². The molecule has 0 aliphatic carbocycles. The fourth-order valence-corrected chi connectivity index (χ4v) is 2.27. The van der Waals surface area contributed by atoms with Crippen LogP contribution in [0.25, 0.3) is 0 Å². The number of carbonyl (C=O) groups is 1. The topological polar surface area (TPSA) is 50.8 Å². The molecule has 2 rings (SSSR count). The average molecular weight is 314 g/mol. The minimum Gasteiger partial charge on any atom is -0.496 e. The first-order valence-electron chi connectivity index (χ1n) is 7.27. The second kappa shape index (κ2) is 7.05. The predicted molar refractivity (Wildman–Crippen MR) is 93.0 cm³/mol. The molecule has 0 saturated heterocycles. The number of carbonyl (C=O) groups excluding carboxylic acids is 1. The van der Waals surface area contributed by atoms with E-state index in [0.29, 0.717) is 22.7 Å². The molecule has 0 atom stereocenters. The van der Waals surface area contributed by atoms with Gasteiger partial charge in [0.05, 0.1) is 19.9 Å². The summed E-state index contributed by atoms with van der Waals surface area (Å²) in [5.41, 5.74) is 3.07. The summed E-state index contributed by atoms with van der Waals surface area (Å²) < 4.78 is 10.7. The molecule has 0 heterocycles. The van der Waals surface area contributed by atoms with E-state index >= 15 is 0 Å². The van der Waals surface area contributed by atoms with Gasteiger partial charge in [-0.25, -0.2) is 0 Å². The van der Waals surface area contributed by atoms with Crippen molar-refractivity contribution < 1.29 is 14.3 Å². The van der Waals surface area contributed by atoms with Crippen LogP contribution in [0.15, 0.2) is 36.4 Å². The number of hydrogen-bond donors (Lipinski definition) is 1. The number of anilines is 2. The fourth-order valence-electron chi connectivity index (χ4n) is 2.27. The second-order valence-electron chi connectivity index (χ2n) is 5.42. The van der Waals surface area contributed by atoms with Crippen LogP contribution in [0.4, 0.5) is 11.4 Å². The Balaban J connectivity index is 2.31. The first-order valence-corrected chi connectivity index (χ1v) is 7.27. The molecule has 2 aromatic rings. The van der Waals surface area contributed by atoms with E-state index in [1.807, 2.05) is 50.2 Å². The van der Waals surface area contributed by atoms with E-state index in [2.05, 4.69) is 5.32 Å². The van der Waals surface area contributed by atoms with Crippen molar-refractivity contribution in [1.29, 1.82) is 0 Å². The molecule has 0 fully saturated rings. The lowest BCUT2D eigenvalue weighted by atomic mass is 10.1. The minimum atomic E-state index is -0.196. The Morgan fingerprint density at radius 2 is 1.74 bits per heavy atom. The second-order valence-corrected chi connectivity index (χ2v) is 5.42. The lowest BCUT2D eigenvalue weighted by Crippen LogP contribution is -2.15. The van der Waals surface area contributed by atoms with E-state index in [-0.39, 0.29) is 5.91 Å². The average Bonchev–Trinajstić information content (AvgIpc) is 2.55. The van der Waals surface area contributed by atoms with Gasteiger partial charge in [-0.1, -0.05) is 6.07 Å². The van der Waals surface area contributed by atoms with E-state index in [9.17, 15) is 4.79 Å². The van der Waals surface area contributed by atoms with Crippen LogP contribution in [0, 0.1) is 6.92 Å². The molecule has 0 radical (unpaired) electrons. The van der Waals surface area contributed by atoms with Gasteiger partial charge in [0.2, 0.25) is 0 Å². The first kappa shape index (κ1) is 16.7. The minimum absolute atomic E-state index is 0.196. The predicted octanol–water partition coefficient (Wildman–Crippen LogP) is 3.33. The highest BCUT2D eigenvalue weighted by Crippen LogP contribution is 2.32. The molecule has 23 heavy (non-hydrogen) atoms. The molecule has 122 valence electrons. The number of benzene rings is 2. The number of nitrogens with one attached hydrogen (secondary N) is 1. The smallest absolute Gasteiger partial charge is 0.255 e. The number of nitrogens with zero attached hydrogens (tertiary/aromatic N) is 1. The van der Waals surface area contributed by atoms with Gasteiger partial charge in [-0.3, -0.25) is 4.79 Å². The van der Waals surface area contributed by atoms with Crippen LogP contribution in [0.5, 0.6) is 11.5 Å². The lowest BCUT2D eigenvalue weighted by molar-refractivity contribution is 0.102. The summed E-state index contributed by atoms with van der Waals surface area (Å²) in [6, 6.07) is 11.0. The van der Waals surface area contributed by atoms with Crippen molar-refractivity contribution in [1.82, 2.24) is 0 Å². The Morgan fingerprint density at radius 1 is 1.04 bits per heavy atom. The third-order valence-electron chi connectivity index (χ3n) is 3.59. The Labute approximate surface area is 136 Å². The fraction of sp³-hybridized carbons (Fsp3) is 0.278. The van der Waals surface area contributed by atoms with Crippen LogP contribution < -0.4 is 19.7 Å². The Morgan fingerprint density at radius 3 is 2.35 bits per heavy atom. The maximum Gasteiger partial charge on any atom is 0.255 e. The van der Waals surface area contributed by atoms with Crippen molar-refractivity contribution in [2.75, 3.05) is 38.5 Å². The Bertz CT molecular complexity index is 711. The highest BCUT2D eigenvalue weighted by molar-refractivity contribution is 6.05. The SMILES string of the molecule is COc1cc(NC(=O)c2cccc(N(C)C)c2)c(OC)cc1C. The number of ether oxygens (including phenoxy) is 2. The van der Waals surface area contributed by atoms with Crippen molar-refractivity contribution in [3.8, 4) is 11.5 Å². The van der Waals surface area contributed by atoms with Crippen molar-refractivity contribution in [2.45, 2.75) is 6.92 Å². The summed E-state index contributed by atoms with van der Waals surface area (Å²) >= 11 is 0. The molecule has 1 amide bonds. The Kier molecular flexibility index (Phi) is 5.11. The summed E-state index contributed by atoms with van der Waals surface area (Å²) in [6.07, 6.45) is 0. The molecule has 5 heteroatoms. The summed E-state index contributed by atoms with van der Waals surface area (Å²) in [6.45, 7) is 1.92. The van der Waals surface area contributed by atoms with Gasteiger partial charge in [0, 0.05) is 31.4 Å². The molecule has 0 aliphatic rings. The van der Waals surface area contributed by atoms with E-state index in [0.717, 1.165) is 11.3 Å². The highest BCUT2D eigenvalue weighted by atomic mass is 16.5. The molecular weight excluding hydrogens is 292 g/mol. The normalized spacial score (nSPS) is 10.1. The maximum absolute atomic E-state index is 12.5. The molecule has 0 spiro atoms. The van der Waals surface area contributed by atoms with Crippen LogP contribution in [0.2, 0.25) is 0 Å². The van der Waals surface area contributed by atoms with Crippen LogP contribution in [-0.4, -0.2) is 34.2 Å². The van der Waals surface area contributed by atoms with Crippen LogP contribution in [0.3, 0.4) is 0 Å². The van der Waals surface area contributed by atoms with Gasteiger partial charge in [0.25, 0.3) is 5.91 Å². The van der Waals surface area contributed by atoms with Crippen LogP contribution in [0.1, 0.15) is 15.9 Å². The highest BCUT2D eigenvalue weighted by Gasteiger charge is 2.13. The molecule has 5 nitrogen and oxygen atoms in total. The van der Waals surface area contributed by atoms with Gasteiger partial charge in [0.1, 0.15) is 11.5 Å². The summed E-state index contributed by atoms with van der Waals surface area (Å²) in [5.74, 6) is 1.10. The molecule has 1 N–H and O–H groups in total. The molecule has 0 aromatic heterocycles. The summed E-state index contributed by atoms with van der Waals surface area (Å²) in [5, 5.41) is 2.88. The molecule has 0 bridgehead atoms. The van der Waals surface area contributed by atoms with Gasteiger partial charge in [0.15, 0.2) is 0 Å². The Hall–Kier alpha value is -2.69. The number of amides is 1. The number of methoxy groups -OCH3 is 2. The molecule has 0 aliphatic heterocycles. The van der Waals surface area contributed by atoms with E-state index in [4.69, 9.17) is 9.47 Å². The van der Waals surface area contributed by atoms with Crippen molar-refractivity contribution in [3.63, 3.8) is 0 Å². The first-order chi connectivity index (χ1) is 11.0. The van der Waals surface area contributed by atoms with Crippen molar-refractivity contribution >= 4 is 17.3 Å². The molecule has 0 saturated carbocycles. The monoisotopic (exact) mass is 314 g/mol. The van der Waals surface area contributed by atoms with Crippen molar-refractivity contribution in [2.24, 2.45) is 0 Å². The van der Waals surface area contributed by atoms with E-state index in [1.54, 1.807) is 26.4 Å². The summed E-state index contributed by atoms with van der Waals surface area (Å²) in [4.78, 5) is 14.5. The standard InChI is InChI=1S/C18H22N2O3/c1-12-9-17(23-5)15(11-16(12)22-4)19-18(21)13-7-6-8-14(10-13)20(2)3/h6-11H,1-5H3,(H,19,21). The van der Waals surface area contributed by atoms with Gasteiger partial charge in [-0.05, 0) is 36.8 Å². The maximum atomic E-state index is 12.5. The lowest BCUT2D eigenvalue weighted by Gasteiger charge is -2.15.